The summed E-state index contributed by atoms with van der Waals surface area (Å²) in [5.41, 5.74) is 5.94. The Balaban J connectivity index is 2.28. The Kier molecular flexibility index (Phi) is 3.85. The Labute approximate surface area is 120 Å². The fraction of sp³-hybridized carbons (Fsp3) is 0.357. The van der Waals surface area contributed by atoms with Crippen LogP contribution in [0.5, 0.6) is 0 Å². The summed E-state index contributed by atoms with van der Waals surface area (Å²) in [4.78, 5) is 3.30. The highest BCUT2D eigenvalue weighted by Gasteiger charge is 2.33. The molecule has 7 heteroatoms. The van der Waals surface area contributed by atoms with Gasteiger partial charge in [0.1, 0.15) is 17.2 Å². The van der Waals surface area contributed by atoms with Crippen molar-refractivity contribution in [1.82, 2.24) is 4.98 Å². The predicted octanol–water partition coefficient (Wildman–Crippen LogP) is 4.07. The summed E-state index contributed by atoms with van der Waals surface area (Å²) in [5, 5.41) is 2.97. The topological polar surface area (TPSA) is 64.1 Å². The maximum atomic E-state index is 12.7. The monoisotopic (exact) mass is 299 g/mol. The average molecular weight is 299 g/mol. The first-order valence-corrected chi connectivity index (χ1v) is 6.34. The van der Waals surface area contributed by atoms with E-state index >= 15 is 0 Å². The van der Waals surface area contributed by atoms with Crippen molar-refractivity contribution in [2.45, 2.75) is 33.0 Å². The van der Waals surface area contributed by atoms with E-state index in [1.54, 1.807) is 6.92 Å². The molecule has 2 rings (SSSR count). The fourth-order valence-electron chi connectivity index (χ4n) is 2.14. The Bertz CT molecular complexity index is 649. The smallest absolute Gasteiger partial charge is 0.433 e. The van der Waals surface area contributed by atoms with E-state index in [2.05, 4.69) is 10.3 Å². The Hall–Kier alpha value is -2.18. The number of nitrogen functional groups attached to an aromatic ring is 1. The standard InChI is InChI=1S/C14H16F3N3O/c1-7-4-10(9(3)21-7)8(2)20-12-5-13(14(15,16)17)19-6-11(12)18/h4-6,8H,18H2,1-3H3,(H,19,20). The number of aromatic nitrogens is 1. The molecule has 0 amide bonds. The van der Waals surface area contributed by atoms with E-state index in [9.17, 15) is 13.2 Å². The molecule has 2 aromatic rings. The van der Waals surface area contributed by atoms with Gasteiger partial charge in [-0.05, 0) is 32.9 Å². The van der Waals surface area contributed by atoms with Crippen molar-refractivity contribution in [3.8, 4) is 0 Å². The SMILES string of the molecule is Cc1cc(C(C)Nc2cc(C(F)(F)F)ncc2N)c(C)o1. The van der Waals surface area contributed by atoms with Crippen LogP contribution in [-0.2, 0) is 6.18 Å². The minimum atomic E-state index is -4.50. The van der Waals surface area contributed by atoms with E-state index in [0.717, 1.165) is 29.3 Å². The highest BCUT2D eigenvalue weighted by Crippen LogP contribution is 2.33. The van der Waals surface area contributed by atoms with E-state index in [1.807, 2.05) is 19.9 Å². The molecule has 0 aliphatic heterocycles. The van der Waals surface area contributed by atoms with Crippen molar-refractivity contribution in [2.75, 3.05) is 11.1 Å². The zero-order valence-corrected chi connectivity index (χ0v) is 11.9. The number of hydrogen-bond donors (Lipinski definition) is 2. The van der Waals surface area contributed by atoms with Gasteiger partial charge < -0.3 is 15.5 Å². The predicted molar refractivity (Wildman–Crippen MR) is 73.9 cm³/mol. The largest absolute Gasteiger partial charge is 0.466 e. The molecule has 0 aliphatic rings. The molecule has 2 heterocycles. The maximum Gasteiger partial charge on any atom is 0.433 e. The van der Waals surface area contributed by atoms with Gasteiger partial charge in [-0.3, -0.25) is 0 Å². The van der Waals surface area contributed by atoms with Crippen LogP contribution in [0.25, 0.3) is 0 Å². The second-order valence-corrected chi connectivity index (χ2v) is 4.89. The molecule has 21 heavy (non-hydrogen) atoms. The number of nitrogens with one attached hydrogen (secondary N) is 1. The van der Waals surface area contributed by atoms with E-state index < -0.39 is 11.9 Å². The van der Waals surface area contributed by atoms with Crippen LogP contribution >= 0.6 is 0 Å². The molecule has 3 N–H and O–H groups in total. The number of anilines is 2. The first-order valence-electron chi connectivity index (χ1n) is 6.34. The molecule has 0 aliphatic carbocycles. The van der Waals surface area contributed by atoms with Crippen LogP contribution < -0.4 is 11.1 Å². The van der Waals surface area contributed by atoms with Crippen molar-refractivity contribution in [3.63, 3.8) is 0 Å². The summed E-state index contributed by atoms with van der Waals surface area (Å²) in [5.74, 6) is 1.46. The summed E-state index contributed by atoms with van der Waals surface area (Å²) in [6, 6.07) is 2.51. The first-order chi connectivity index (χ1) is 9.68. The Morgan fingerprint density at radius 1 is 1.29 bits per heavy atom. The lowest BCUT2D eigenvalue weighted by Crippen LogP contribution is -2.13. The summed E-state index contributed by atoms with van der Waals surface area (Å²) in [7, 11) is 0. The van der Waals surface area contributed by atoms with Crippen molar-refractivity contribution >= 4 is 11.4 Å². The van der Waals surface area contributed by atoms with Gasteiger partial charge in [0.15, 0.2) is 0 Å². The highest BCUT2D eigenvalue weighted by molar-refractivity contribution is 5.66. The molecule has 0 bridgehead atoms. The van der Waals surface area contributed by atoms with Gasteiger partial charge in [0.05, 0.1) is 23.6 Å². The average Bonchev–Trinajstić information content (AvgIpc) is 2.70. The van der Waals surface area contributed by atoms with Gasteiger partial charge in [-0.2, -0.15) is 13.2 Å². The van der Waals surface area contributed by atoms with E-state index in [1.165, 1.54) is 0 Å². The van der Waals surface area contributed by atoms with Gasteiger partial charge in [-0.1, -0.05) is 0 Å². The Morgan fingerprint density at radius 2 is 1.95 bits per heavy atom. The third-order valence-electron chi connectivity index (χ3n) is 3.14. The molecule has 2 aromatic heterocycles. The van der Waals surface area contributed by atoms with Gasteiger partial charge in [0, 0.05) is 5.56 Å². The van der Waals surface area contributed by atoms with Gasteiger partial charge in [-0.25, -0.2) is 4.98 Å². The molecule has 0 radical (unpaired) electrons. The zero-order chi connectivity index (χ0) is 15.8. The molecule has 0 fully saturated rings. The Morgan fingerprint density at radius 3 is 2.48 bits per heavy atom. The molecule has 0 spiro atoms. The number of aryl methyl sites for hydroxylation is 2. The lowest BCUT2D eigenvalue weighted by Gasteiger charge is -2.17. The van der Waals surface area contributed by atoms with Gasteiger partial charge in [-0.15, -0.1) is 0 Å². The van der Waals surface area contributed by atoms with Crippen molar-refractivity contribution < 1.29 is 17.6 Å². The number of nitrogens with zero attached hydrogens (tertiary/aromatic N) is 1. The van der Waals surface area contributed by atoms with E-state index in [0.29, 0.717) is 0 Å². The zero-order valence-electron chi connectivity index (χ0n) is 11.9. The molecule has 114 valence electrons. The van der Waals surface area contributed by atoms with E-state index in [4.69, 9.17) is 10.2 Å². The molecule has 1 unspecified atom stereocenters. The van der Waals surface area contributed by atoms with Crippen LogP contribution in [-0.4, -0.2) is 4.98 Å². The van der Waals surface area contributed by atoms with Crippen molar-refractivity contribution in [2.24, 2.45) is 0 Å². The minimum Gasteiger partial charge on any atom is -0.466 e. The molecule has 4 nitrogen and oxygen atoms in total. The number of nitrogens with two attached hydrogens (primary N) is 1. The van der Waals surface area contributed by atoms with E-state index in [-0.39, 0.29) is 17.4 Å². The van der Waals surface area contributed by atoms with Crippen LogP contribution in [0.15, 0.2) is 22.7 Å². The highest BCUT2D eigenvalue weighted by atomic mass is 19.4. The lowest BCUT2D eigenvalue weighted by atomic mass is 10.1. The van der Waals surface area contributed by atoms with Crippen LogP contribution in [0.4, 0.5) is 24.5 Å². The van der Waals surface area contributed by atoms with Gasteiger partial charge in [0.2, 0.25) is 0 Å². The number of hydrogen-bond acceptors (Lipinski definition) is 4. The molecule has 0 saturated carbocycles. The van der Waals surface area contributed by atoms with Gasteiger partial charge in [0.25, 0.3) is 0 Å². The van der Waals surface area contributed by atoms with Crippen molar-refractivity contribution in [3.05, 3.63) is 41.1 Å². The number of halogens is 3. The molecular formula is C14H16F3N3O. The summed E-state index contributed by atoms with van der Waals surface area (Å²) in [6.45, 7) is 5.44. The second-order valence-electron chi connectivity index (χ2n) is 4.89. The second kappa shape index (κ2) is 5.31. The first kappa shape index (κ1) is 15.2. The lowest BCUT2D eigenvalue weighted by molar-refractivity contribution is -0.141. The van der Waals surface area contributed by atoms with Gasteiger partial charge >= 0.3 is 6.18 Å². The molecule has 0 saturated heterocycles. The summed E-state index contributed by atoms with van der Waals surface area (Å²) < 4.78 is 43.5. The number of furan rings is 1. The summed E-state index contributed by atoms with van der Waals surface area (Å²) in [6.07, 6.45) is -3.50. The number of rotatable bonds is 3. The third kappa shape index (κ3) is 3.29. The molecular weight excluding hydrogens is 283 g/mol. The molecule has 1 atom stereocenters. The number of pyridine rings is 1. The summed E-state index contributed by atoms with van der Waals surface area (Å²) >= 11 is 0. The minimum absolute atomic E-state index is 0.160. The normalized spacial score (nSPS) is 13.2. The van der Waals surface area contributed by atoms with Crippen molar-refractivity contribution in [1.29, 1.82) is 0 Å². The van der Waals surface area contributed by atoms with Crippen LogP contribution in [0.1, 0.15) is 35.7 Å². The fourth-order valence-corrected chi connectivity index (χ4v) is 2.14. The van der Waals surface area contributed by atoms with Crippen LogP contribution in [0.3, 0.4) is 0 Å². The van der Waals surface area contributed by atoms with Crippen LogP contribution in [0.2, 0.25) is 0 Å². The molecule has 0 aromatic carbocycles. The van der Waals surface area contributed by atoms with Crippen LogP contribution in [0, 0.1) is 13.8 Å². The maximum absolute atomic E-state index is 12.7. The third-order valence-corrected chi connectivity index (χ3v) is 3.14. The quantitative estimate of drug-likeness (QED) is 0.897. The number of alkyl halides is 3.